The highest BCUT2D eigenvalue weighted by molar-refractivity contribution is 5.78. The molecule has 2 unspecified atom stereocenters. The van der Waals surface area contributed by atoms with Crippen LogP contribution in [0.4, 0.5) is 0 Å². The van der Waals surface area contributed by atoms with Gasteiger partial charge < -0.3 is 15.8 Å². The van der Waals surface area contributed by atoms with E-state index in [0.29, 0.717) is 44.4 Å². The lowest BCUT2D eigenvalue weighted by Gasteiger charge is -2.20. The van der Waals surface area contributed by atoms with Crippen LogP contribution in [0.5, 0.6) is 0 Å². The van der Waals surface area contributed by atoms with Crippen molar-refractivity contribution in [2.24, 2.45) is 11.7 Å². The van der Waals surface area contributed by atoms with Crippen LogP contribution >= 0.6 is 0 Å². The second-order valence-electron chi connectivity index (χ2n) is 5.15. The molecule has 0 aromatic carbocycles. The first-order valence-corrected chi connectivity index (χ1v) is 6.84. The van der Waals surface area contributed by atoms with Crippen LogP contribution in [-0.2, 0) is 14.3 Å². The van der Waals surface area contributed by atoms with Gasteiger partial charge in [-0.15, -0.1) is 0 Å². The van der Waals surface area contributed by atoms with E-state index in [0.717, 1.165) is 13.0 Å². The lowest BCUT2D eigenvalue weighted by molar-refractivity contribution is -0.140. The Morgan fingerprint density at radius 3 is 2.79 bits per heavy atom. The zero-order chi connectivity index (χ0) is 14.3. The second-order valence-corrected chi connectivity index (χ2v) is 5.15. The van der Waals surface area contributed by atoms with Crippen molar-refractivity contribution < 1.29 is 14.3 Å². The van der Waals surface area contributed by atoms with E-state index >= 15 is 0 Å². The van der Waals surface area contributed by atoms with Crippen LogP contribution in [0.1, 0.15) is 26.2 Å². The number of rotatable bonds is 7. The van der Waals surface area contributed by atoms with Crippen molar-refractivity contribution in [1.82, 2.24) is 10.2 Å². The summed E-state index contributed by atoms with van der Waals surface area (Å²) in [7, 11) is 1.36. The van der Waals surface area contributed by atoms with E-state index < -0.39 is 0 Å². The first-order valence-electron chi connectivity index (χ1n) is 6.84. The summed E-state index contributed by atoms with van der Waals surface area (Å²) in [5, 5.41) is 2.82. The Kier molecular flexibility index (Phi) is 6.80. The summed E-state index contributed by atoms with van der Waals surface area (Å²) in [6.45, 7) is 4.63. The third kappa shape index (κ3) is 5.57. The van der Waals surface area contributed by atoms with E-state index in [2.05, 4.69) is 21.9 Å². The number of methoxy groups -OCH3 is 1. The molecule has 0 bridgehead atoms. The molecule has 0 aliphatic carbocycles. The standard InChI is InChI=1S/C13H25N3O3/c1-10-6-11(7-14)8-16(10)9-12(17)15-5-3-4-13(18)19-2/h10-11H,3-9,14H2,1-2H3,(H,15,17). The molecule has 0 spiro atoms. The Labute approximate surface area is 114 Å². The normalized spacial score (nSPS) is 23.3. The van der Waals surface area contributed by atoms with E-state index in [-0.39, 0.29) is 11.9 Å². The van der Waals surface area contributed by atoms with Gasteiger partial charge in [0.05, 0.1) is 13.7 Å². The predicted octanol–water partition coefficient (Wildman–Crippen LogP) is -0.275. The minimum absolute atomic E-state index is 0.00869. The molecule has 1 saturated heterocycles. The van der Waals surface area contributed by atoms with Gasteiger partial charge in [-0.2, -0.15) is 0 Å². The smallest absolute Gasteiger partial charge is 0.305 e. The number of ether oxygens (including phenoxy) is 1. The average Bonchev–Trinajstić information content (AvgIpc) is 2.75. The predicted molar refractivity (Wildman–Crippen MR) is 72.5 cm³/mol. The molecule has 1 aliphatic heterocycles. The lowest BCUT2D eigenvalue weighted by atomic mass is 10.1. The van der Waals surface area contributed by atoms with Crippen molar-refractivity contribution in [3.8, 4) is 0 Å². The van der Waals surface area contributed by atoms with Gasteiger partial charge in [-0.3, -0.25) is 14.5 Å². The molecule has 3 N–H and O–H groups in total. The molecule has 6 nitrogen and oxygen atoms in total. The van der Waals surface area contributed by atoms with Gasteiger partial charge in [0.1, 0.15) is 0 Å². The first-order chi connectivity index (χ1) is 9.06. The van der Waals surface area contributed by atoms with Crippen molar-refractivity contribution in [3.63, 3.8) is 0 Å². The largest absolute Gasteiger partial charge is 0.469 e. The van der Waals surface area contributed by atoms with Crippen LogP contribution in [0.2, 0.25) is 0 Å². The van der Waals surface area contributed by atoms with Crippen LogP contribution in [0, 0.1) is 5.92 Å². The molecule has 0 aromatic rings. The second kappa shape index (κ2) is 8.12. The third-order valence-corrected chi connectivity index (χ3v) is 3.58. The molecular weight excluding hydrogens is 246 g/mol. The highest BCUT2D eigenvalue weighted by Crippen LogP contribution is 2.21. The fourth-order valence-corrected chi connectivity index (χ4v) is 2.41. The van der Waals surface area contributed by atoms with Crippen molar-refractivity contribution in [3.05, 3.63) is 0 Å². The number of carbonyl (C=O) groups excluding carboxylic acids is 2. The zero-order valence-electron chi connectivity index (χ0n) is 11.9. The summed E-state index contributed by atoms with van der Waals surface area (Å²) in [4.78, 5) is 24.8. The Bertz CT molecular complexity index is 310. The molecule has 1 fully saturated rings. The van der Waals surface area contributed by atoms with Crippen molar-refractivity contribution in [2.45, 2.75) is 32.2 Å². The summed E-state index contributed by atoms with van der Waals surface area (Å²) >= 11 is 0. The van der Waals surface area contributed by atoms with Gasteiger partial charge in [0.2, 0.25) is 5.91 Å². The van der Waals surface area contributed by atoms with Crippen LogP contribution < -0.4 is 11.1 Å². The maximum absolute atomic E-state index is 11.8. The number of amides is 1. The Morgan fingerprint density at radius 1 is 1.47 bits per heavy atom. The quantitative estimate of drug-likeness (QED) is 0.491. The molecule has 6 heteroatoms. The van der Waals surface area contributed by atoms with Crippen LogP contribution in [0.3, 0.4) is 0 Å². The molecule has 1 aliphatic rings. The monoisotopic (exact) mass is 271 g/mol. The number of nitrogens with one attached hydrogen (secondary N) is 1. The Hall–Kier alpha value is -1.14. The summed E-state index contributed by atoms with van der Waals surface area (Å²) in [5.41, 5.74) is 5.66. The van der Waals surface area contributed by atoms with Gasteiger partial charge in [0, 0.05) is 25.6 Å². The summed E-state index contributed by atoms with van der Waals surface area (Å²) in [5.74, 6) is 0.268. The van der Waals surface area contributed by atoms with Gasteiger partial charge in [-0.25, -0.2) is 0 Å². The Balaban J connectivity index is 2.15. The minimum Gasteiger partial charge on any atom is -0.469 e. The summed E-state index contributed by atoms with van der Waals surface area (Å²) in [6, 6.07) is 0.411. The fourth-order valence-electron chi connectivity index (χ4n) is 2.41. The first kappa shape index (κ1) is 15.9. The minimum atomic E-state index is -0.242. The SMILES string of the molecule is COC(=O)CCCNC(=O)CN1CC(CN)CC1C. The van der Waals surface area contributed by atoms with Gasteiger partial charge in [-0.1, -0.05) is 0 Å². The third-order valence-electron chi connectivity index (χ3n) is 3.58. The number of esters is 1. The number of hydrogen-bond acceptors (Lipinski definition) is 5. The molecule has 0 aromatic heterocycles. The highest BCUT2D eigenvalue weighted by Gasteiger charge is 2.29. The van der Waals surface area contributed by atoms with Gasteiger partial charge >= 0.3 is 5.97 Å². The summed E-state index contributed by atoms with van der Waals surface area (Å²) < 4.78 is 4.53. The topological polar surface area (TPSA) is 84.7 Å². The number of nitrogens with two attached hydrogens (primary N) is 1. The molecule has 0 radical (unpaired) electrons. The van der Waals surface area contributed by atoms with Crippen LogP contribution in [-0.4, -0.2) is 56.1 Å². The lowest BCUT2D eigenvalue weighted by Crippen LogP contribution is -2.39. The molecule has 2 atom stereocenters. The van der Waals surface area contributed by atoms with Crippen molar-refractivity contribution in [2.75, 3.05) is 33.3 Å². The highest BCUT2D eigenvalue weighted by atomic mass is 16.5. The van der Waals surface area contributed by atoms with Crippen molar-refractivity contribution >= 4 is 11.9 Å². The summed E-state index contributed by atoms with van der Waals surface area (Å²) in [6.07, 6.45) is 2.01. The van der Waals surface area contributed by atoms with Gasteiger partial charge in [0.25, 0.3) is 0 Å². The fraction of sp³-hybridized carbons (Fsp3) is 0.846. The maximum Gasteiger partial charge on any atom is 0.305 e. The number of carbonyl (C=O) groups is 2. The number of likely N-dealkylation sites (tertiary alicyclic amines) is 1. The van der Waals surface area contributed by atoms with E-state index in [9.17, 15) is 9.59 Å². The molecule has 1 heterocycles. The molecule has 110 valence electrons. The molecule has 0 saturated carbocycles. The van der Waals surface area contributed by atoms with E-state index in [1.165, 1.54) is 7.11 Å². The molecule has 19 heavy (non-hydrogen) atoms. The maximum atomic E-state index is 11.8. The van der Waals surface area contributed by atoms with E-state index in [1.54, 1.807) is 0 Å². The Morgan fingerprint density at radius 2 is 2.21 bits per heavy atom. The van der Waals surface area contributed by atoms with Crippen molar-refractivity contribution in [1.29, 1.82) is 0 Å². The molecule has 1 rings (SSSR count). The van der Waals surface area contributed by atoms with Gasteiger partial charge in [-0.05, 0) is 32.2 Å². The molecule has 1 amide bonds. The molecular formula is C13H25N3O3. The van der Waals surface area contributed by atoms with Gasteiger partial charge in [0.15, 0.2) is 0 Å². The van der Waals surface area contributed by atoms with Crippen LogP contribution in [0.15, 0.2) is 0 Å². The van der Waals surface area contributed by atoms with E-state index in [1.807, 2.05) is 0 Å². The average molecular weight is 271 g/mol. The number of nitrogens with zero attached hydrogens (tertiary/aromatic N) is 1. The van der Waals surface area contributed by atoms with E-state index in [4.69, 9.17) is 5.73 Å². The van der Waals surface area contributed by atoms with Crippen LogP contribution in [0.25, 0.3) is 0 Å². The number of hydrogen-bond donors (Lipinski definition) is 2. The zero-order valence-corrected chi connectivity index (χ0v) is 11.9.